The van der Waals surface area contributed by atoms with Crippen LogP contribution in [0.5, 0.6) is 11.5 Å². The molecule has 0 bridgehead atoms. The highest BCUT2D eigenvalue weighted by molar-refractivity contribution is 5.98. The number of amides is 1. The molecule has 14 nitrogen and oxygen atoms in total. The van der Waals surface area contributed by atoms with Crippen LogP contribution < -0.4 is 26.5 Å². The van der Waals surface area contributed by atoms with Crippen LogP contribution in [0.2, 0.25) is 0 Å². The van der Waals surface area contributed by atoms with Gasteiger partial charge >= 0.3 is 5.97 Å². The Balaban J connectivity index is 0.000000177. The number of nitrogens with one attached hydrogen (secondary N) is 1. The van der Waals surface area contributed by atoms with Gasteiger partial charge in [0.25, 0.3) is 11.5 Å². The number of hydrogen-bond acceptors (Lipinski definition) is 11. The Morgan fingerprint density at radius 3 is 1.63 bits per heavy atom. The second kappa shape index (κ2) is 21.9. The van der Waals surface area contributed by atoms with Crippen molar-refractivity contribution in [2.45, 2.75) is 39.5 Å². The monoisotopic (exact) mass is 928 g/mol. The first-order valence-corrected chi connectivity index (χ1v) is 22.1. The highest BCUT2D eigenvalue weighted by Gasteiger charge is 2.18. The maximum Gasteiger partial charge on any atom is 0.373 e. The van der Waals surface area contributed by atoms with Crippen molar-refractivity contribution < 1.29 is 24.2 Å². The van der Waals surface area contributed by atoms with Crippen molar-refractivity contribution in [1.29, 1.82) is 0 Å². The van der Waals surface area contributed by atoms with Crippen LogP contribution in [0.3, 0.4) is 0 Å². The van der Waals surface area contributed by atoms with E-state index in [2.05, 4.69) is 71.6 Å². The third kappa shape index (κ3) is 11.4. The van der Waals surface area contributed by atoms with Crippen LogP contribution in [0.25, 0.3) is 66.9 Å². The SMILES string of the molecule is C#CCOc1ccc2nc(-c3nc4ccccc4c(=O)[nH]3)nc(-c3ccc(C(C)C)cc3)c2c1.C#CCOc1ccc2nc(C(=O)O)nc(-c3ccc(C(C)C)cc3)c2c1.NC(=O)c1ccccc1N. The number of fused-ring (bicyclic) bond motifs is 3. The minimum atomic E-state index is -1.17. The first-order chi connectivity index (χ1) is 33.7. The molecule has 9 aromatic rings. The molecule has 0 aliphatic carbocycles. The lowest BCUT2D eigenvalue weighted by Crippen LogP contribution is -2.12. The van der Waals surface area contributed by atoms with Gasteiger partial charge in [-0.2, -0.15) is 0 Å². The van der Waals surface area contributed by atoms with E-state index in [0.29, 0.717) is 79.3 Å². The Morgan fingerprint density at radius 1 is 0.629 bits per heavy atom. The van der Waals surface area contributed by atoms with Gasteiger partial charge in [-0.05, 0) is 83.6 Å². The van der Waals surface area contributed by atoms with Crippen LogP contribution in [0.1, 0.15) is 71.6 Å². The summed E-state index contributed by atoms with van der Waals surface area (Å²) in [6, 6.07) is 40.9. The van der Waals surface area contributed by atoms with E-state index >= 15 is 0 Å². The molecule has 0 saturated carbocycles. The van der Waals surface area contributed by atoms with E-state index in [-0.39, 0.29) is 24.6 Å². The van der Waals surface area contributed by atoms with Gasteiger partial charge in [0.1, 0.15) is 24.7 Å². The quantitative estimate of drug-likeness (QED) is 0.0703. The highest BCUT2D eigenvalue weighted by Crippen LogP contribution is 2.33. The largest absolute Gasteiger partial charge is 0.481 e. The van der Waals surface area contributed by atoms with Gasteiger partial charge in [0.15, 0.2) is 11.6 Å². The van der Waals surface area contributed by atoms with Gasteiger partial charge in [0.2, 0.25) is 5.82 Å². The Kier molecular flexibility index (Phi) is 15.2. The molecule has 3 heterocycles. The molecule has 0 aliphatic rings. The number of aromatic carboxylic acids is 1. The lowest BCUT2D eigenvalue weighted by Gasteiger charge is -2.12. The minimum absolute atomic E-state index is 0.151. The number of hydrogen-bond donors (Lipinski definition) is 4. The van der Waals surface area contributed by atoms with Gasteiger partial charge < -0.3 is 31.0 Å². The molecular formula is C56H48N8O6. The predicted octanol–water partition coefficient (Wildman–Crippen LogP) is 9.83. The maximum absolute atomic E-state index is 12.7. The van der Waals surface area contributed by atoms with E-state index in [1.165, 1.54) is 11.1 Å². The van der Waals surface area contributed by atoms with Gasteiger partial charge in [0.05, 0.1) is 38.9 Å². The van der Waals surface area contributed by atoms with E-state index in [0.717, 1.165) is 22.2 Å². The van der Waals surface area contributed by atoms with Gasteiger partial charge in [-0.15, -0.1) is 12.8 Å². The zero-order chi connectivity index (χ0) is 49.9. The van der Waals surface area contributed by atoms with Crippen LogP contribution in [0.4, 0.5) is 5.69 Å². The van der Waals surface area contributed by atoms with E-state index in [1.54, 1.807) is 54.6 Å². The Morgan fingerprint density at radius 2 is 1.13 bits per heavy atom. The summed E-state index contributed by atoms with van der Waals surface area (Å²) in [6.45, 7) is 8.87. The van der Waals surface area contributed by atoms with Crippen molar-refractivity contribution in [3.05, 3.63) is 166 Å². The van der Waals surface area contributed by atoms with Crippen LogP contribution in [-0.4, -0.2) is 60.1 Å². The fraction of sp³-hybridized carbons (Fsp3) is 0.143. The summed E-state index contributed by atoms with van der Waals surface area (Å²) < 4.78 is 11.1. The average molecular weight is 929 g/mol. The number of rotatable bonds is 11. The number of aromatic amines is 1. The first kappa shape index (κ1) is 48.5. The minimum Gasteiger partial charge on any atom is -0.481 e. The number of benzene rings is 6. The molecule has 9 rings (SSSR count). The van der Waals surface area contributed by atoms with E-state index in [1.807, 2.05) is 66.7 Å². The molecule has 0 radical (unpaired) electrons. The number of primary amides is 1. The predicted molar refractivity (Wildman–Crippen MR) is 274 cm³/mol. The molecule has 0 fully saturated rings. The first-order valence-electron chi connectivity index (χ1n) is 22.1. The number of H-pyrrole nitrogens is 1. The number of nitrogens with two attached hydrogens (primary N) is 2. The van der Waals surface area contributed by atoms with E-state index in [4.69, 9.17) is 43.8 Å². The lowest BCUT2D eigenvalue weighted by molar-refractivity contribution is 0.0683. The number of carboxylic acids is 1. The number of anilines is 1. The van der Waals surface area contributed by atoms with Crippen molar-refractivity contribution in [3.63, 3.8) is 0 Å². The summed E-state index contributed by atoms with van der Waals surface area (Å²) in [5.74, 6) is 5.72. The Hall–Kier alpha value is -9.40. The molecular weight excluding hydrogens is 881 g/mol. The maximum atomic E-state index is 12.7. The number of nitrogens with zero attached hydrogens (tertiary/aromatic N) is 5. The molecule has 0 atom stereocenters. The van der Waals surface area contributed by atoms with Crippen molar-refractivity contribution in [1.82, 2.24) is 29.9 Å². The fourth-order valence-electron chi connectivity index (χ4n) is 7.25. The van der Waals surface area contributed by atoms with Crippen LogP contribution >= 0.6 is 0 Å². The van der Waals surface area contributed by atoms with E-state index in [9.17, 15) is 19.5 Å². The van der Waals surface area contributed by atoms with Crippen LogP contribution in [0, 0.1) is 24.7 Å². The number of terminal acetylenes is 2. The van der Waals surface area contributed by atoms with Gasteiger partial charge in [-0.1, -0.05) is 112 Å². The standard InChI is InChI=1S/C28H22N4O2.C21H18N2O3.C7H8N2O/c1-4-15-34-20-13-14-24-22(16-20)25(19-11-9-18(10-12-19)17(2)3)31-26(30-24)27-29-23-8-6-5-7-21(23)28(33)32-27;1-4-11-26-16-9-10-18-17(12-16)19(23-20(22-18)21(24)25)15-7-5-14(6-8-15)13(2)3;8-6-4-2-1-3-5(6)7(9)10/h1,5-14,16-17H,15H2,2-3H3,(H,29,32,33);1,5-10,12-13H,11H2,2-3H3,(H,24,25);1-4H,8H2,(H2,9,10). The normalized spacial score (nSPS) is 10.7. The second-order valence-corrected chi connectivity index (χ2v) is 16.4. The average Bonchev–Trinajstić information content (AvgIpc) is 3.37. The number of para-hydroxylation sites is 2. The number of nitrogen functional groups attached to an aromatic ring is 1. The molecule has 3 aromatic heterocycles. The molecule has 0 unspecified atom stereocenters. The number of carboxylic acid groups (broad SMARTS) is 1. The molecule has 0 spiro atoms. The number of carbonyl (C=O) groups is 2. The van der Waals surface area contributed by atoms with E-state index < -0.39 is 11.9 Å². The number of carbonyl (C=O) groups excluding carboxylic acids is 1. The molecule has 14 heteroatoms. The summed E-state index contributed by atoms with van der Waals surface area (Å²) in [5, 5.41) is 11.4. The third-order valence-corrected chi connectivity index (χ3v) is 10.9. The lowest BCUT2D eigenvalue weighted by atomic mass is 9.99. The van der Waals surface area contributed by atoms with Crippen molar-refractivity contribution in [2.75, 3.05) is 18.9 Å². The van der Waals surface area contributed by atoms with Crippen LogP contribution in [-0.2, 0) is 0 Å². The molecule has 6 N–H and O–H groups in total. The van der Waals surface area contributed by atoms with Gasteiger partial charge in [0, 0.05) is 27.6 Å². The smallest absolute Gasteiger partial charge is 0.373 e. The molecule has 0 saturated heterocycles. The second-order valence-electron chi connectivity index (χ2n) is 16.4. The molecule has 0 aliphatic heterocycles. The summed E-state index contributed by atoms with van der Waals surface area (Å²) in [5.41, 5.74) is 18.3. The summed E-state index contributed by atoms with van der Waals surface area (Å²) in [6.07, 6.45) is 10.6. The molecule has 70 heavy (non-hydrogen) atoms. The van der Waals surface area contributed by atoms with Gasteiger partial charge in [-0.3, -0.25) is 9.59 Å². The van der Waals surface area contributed by atoms with Crippen molar-refractivity contribution in [2.24, 2.45) is 5.73 Å². The number of ether oxygens (including phenoxy) is 2. The Bertz CT molecular complexity index is 3520. The third-order valence-electron chi connectivity index (χ3n) is 10.9. The fourth-order valence-corrected chi connectivity index (χ4v) is 7.25. The zero-order valence-electron chi connectivity index (χ0n) is 38.8. The summed E-state index contributed by atoms with van der Waals surface area (Å²) in [4.78, 5) is 60.0. The number of aromatic nitrogens is 6. The van der Waals surface area contributed by atoms with Crippen LogP contribution in [0.15, 0.2) is 138 Å². The van der Waals surface area contributed by atoms with Gasteiger partial charge in [-0.25, -0.2) is 29.7 Å². The molecule has 6 aromatic carbocycles. The Labute approximate surface area is 403 Å². The zero-order valence-corrected chi connectivity index (χ0v) is 38.8. The summed E-state index contributed by atoms with van der Waals surface area (Å²) in [7, 11) is 0. The topological polar surface area (TPSA) is 222 Å². The van der Waals surface area contributed by atoms with Crippen molar-refractivity contribution >= 4 is 50.3 Å². The highest BCUT2D eigenvalue weighted by atomic mass is 16.5. The molecule has 1 amide bonds. The molecule has 348 valence electrons. The van der Waals surface area contributed by atoms with Crippen molar-refractivity contribution in [3.8, 4) is 70.4 Å². The summed E-state index contributed by atoms with van der Waals surface area (Å²) >= 11 is 0.